The van der Waals surface area contributed by atoms with Gasteiger partial charge < -0.3 is 9.80 Å². The van der Waals surface area contributed by atoms with E-state index in [9.17, 15) is 4.79 Å². The lowest BCUT2D eigenvalue weighted by Crippen LogP contribution is -2.47. The third kappa shape index (κ3) is 3.51. The van der Waals surface area contributed by atoms with Crippen LogP contribution in [0.5, 0.6) is 0 Å². The van der Waals surface area contributed by atoms with Crippen molar-refractivity contribution >= 4 is 28.1 Å². The lowest BCUT2D eigenvalue weighted by Gasteiger charge is -2.32. The van der Waals surface area contributed by atoms with Gasteiger partial charge >= 0.3 is 0 Å². The van der Waals surface area contributed by atoms with Crippen molar-refractivity contribution in [1.82, 2.24) is 30.0 Å². The van der Waals surface area contributed by atoms with Crippen molar-refractivity contribution in [1.29, 1.82) is 0 Å². The van der Waals surface area contributed by atoms with E-state index in [0.29, 0.717) is 18.8 Å². The molecule has 1 N–H and O–H groups in total. The maximum Gasteiger partial charge on any atom is 0.274 e. The van der Waals surface area contributed by atoms with Crippen molar-refractivity contribution in [3.8, 4) is 21.1 Å². The van der Waals surface area contributed by atoms with Crippen LogP contribution in [0.15, 0.2) is 36.7 Å². The molecule has 1 aliphatic rings. The molecule has 0 radical (unpaired) electrons. The third-order valence-electron chi connectivity index (χ3n) is 5.88. The van der Waals surface area contributed by atoms with Gasteiger partial charge in [0.1, 0.15) is 16.4 Å². The summed E-state index contributed by atoms with van der Waals surface area (Å²) in [5.74, 6) is -0.0257. The first kappa shape index (κ1) is 19.8. The van der Waals surface area contributed by atoms with Gasteiger partial charge in [0.25, 0.3) is 5.91 Å². The molecule has 3 aromatic heterocycles. The lowest BCUT2D eigenvalue weighted by molar-refractivity contribution is 0.0660. The molecule has 1 fully saturated rings. The quantitative estimate of drug-likeness (QED) is 0.533. The van der Waals surface area contributed by atoms with Gasteiger partial charge in [0.2, 0.25) is 0 Å². The van der Waals surface area contributed by atoms with Crippen LogP contribution in [-0.2, 0) is 0 Å². The summed E-state index contributed by atoms with van der Waals surface area (Å²) < 4.78 is 0. The van der Waals surface area contributed by atoms with Crippen molar-refractivity contribution in [2.75, 3.05) is 33.2 Å². The van der Waals surface area contributed by atoms with Crippen LogP contribution in [0.25, 0.3) is 32.0 Å². The first-order valence-electron chi connectivity index (χ1n) is 10.4. The average Bonchev–Trinajstić information content (AvgIpc) is 3.42. The molecule has 0 spiro atoms. The lowest BCUT2D eigenvalue weighted by atomic mass is 10.1. The Labute approximate surface area is 184 Å². The van der Waals surface area contributed by atoms with E-state index in [4.69, 9.17) is 4.98 Å². The van der Waals surface area contributed by atoms with Crippen molar-refractivity contribution in [2.45, 2.75) is 13.8 Å². The van der Waals surface area contributed by atoms with Gasteiger partial charge in [-0.25, -0.2) is 4.98 Å². The number of piperazine rings is 1. The van der Waals surface area contributed by atoms with Crippen molar-refractivity contribution in [2.24, 2.45) is 0 Å². The number of hydrogen-bond acceptors (Lipinski definition) is 6. The van der Waals surface area contributed by atoms with Gasteiger partial charge in [-0.3, -0.25) is 14.9 Å². The van der Waals surface area contributed by atoms with Gasteiger partial charge in [-0.15, -0.1) is 11.3 Å². The number of aromatic amines is 1. The van der Waals surface area contributed by atoms with Crippen molar-refractivity contribution < 1.29 is 4.79 Å². The van der Waals surface area contributed by atoms with Crippen LogP contribution >= 0.6 is 11.3 Å². The smallest absolute Gasteiger partial charge is 0.274 e. The molecule has 5 rings (SSSR count). The number of thiazole rings is 1. The fraction of sp³-hybridized carbons (Fsp3) is 0.304. The standard InChI is InChI=1S/C23H24N6OS/c1-14-6-7-15(2)18-17(14)19(27-26-18)22-25-20(21(31-22)16-5-4-8-24-13-16)23(30)29-11-9-28(3)10-12-29/h4-8,13H,9-12H2,1-3H3,(H,26,27). The van der Waals surface area contributed by atoms with E-state index >= 15 is 0 Å². The summed E-state index contributed by atoms with van der Waals surface area (Å²) in [6.45, 7) is 7.29. The number of H-pyrrole nitrogens is 1. The van der Waals surface area contributed by atoms with Gasteiger partial charge in [-0.2, -0.15) is 5.10 Å². The highest BCUT2D eigenvalue weighted by Gasteiger charge is 2.28. The Morgan fingerprint density at radius 3 is 2.61 bits per heavy atom. The number of hydrogen-bond donors (Lipinski definition) is 1. The fourth-order valence-corrected chi connectivity index (χ4v) is 5.04. The topological polar surface area (TPSA) is 78.0 Å². The maximum atomic E-state index is 13.5. The number of carbonyl (C=O) groups excluding carboxylic acids is 1. The molecule has 1 saturated heterocycles. The number of rotatable bonds is 3. The average molecular weight is 433 g/mol. The molecular weight excluding hydrogens is 408 g/mol. The second-order valence-corrected chi connectivity index (χ2v) is 9.05. The van der Waals surface area contributed by atoms with E-state index in [0.717, 1.165) is 56.3 Å². The second kappa shape index (κ2) is 7.86. The number of amides is 1. The Kier molecular flexibility index (Phi) is 5.03. The van der Waals surface area contributed by atoms with Gasteiger partial charge in [-0.05, 0) is 38.1 Å². The van der Waals surface area contributed by atoms with Gasteiger partial charge in [0, 0.05) is 49.5 Å². The molecule has 158 valence electrons. The Morgan fingerprint density at radius 2 is 1.87 bits per heavy atom. The van der Waals surface area contributed by atoms with Crippen LogP contribution in [0.2, 0.25) is 0 Å². The van der Waals surface area contributed by atoms with Crippen LogP contribution in [0.3, 0.4) is 0 Å². The van der Waals surface area contributed by atoms with Crippen LogP contribution in [0.4, 0.5) is 0 Å². The minimum absolute atomic E-state index is 0.0257. The Morgan fingerprint density at radius 1 is 1.10 bits per heavy atom. The molecule has 0 bridgehead atoms. The van der Waals surface area contributed by atoms with Gasteiger partial charge in [-0.1, -0.05) is 18.2 Å². The fourth-order valence-electron chi connectivity index (χ4n) is 4.00. The molecule has 4 aromatic rings. The predicted molar refractivity (Wildman–Crippen MR) is 123 cm³/mol. The van der Waals surface area contributed by atoms with Crippen molar-refractivity contribution in [3.63, 3.8) is 0 Å². The van der Waals surface area contributed by atoms with E-state index in [1.807, 2.05) is 17.0 Å². The first-order chi connectivity index (χ1) is 15.0. The number of benzene rings is 1. The minimum Gasteiger partial charge on any atom is -0.335 e. The summed E-state index contributed by atoms with van der Waals surface area (Å²) in [7, 11) is 2.08. The molecule has 1 aromatic carbocycles. The molecule has 31 heavy (non-hydrogen) atoms. The number of likely N-dealkylation sites (N-methyl/N-ethyl adjacent to an activating group) is 1. The normalized spacial score (nSPS) is 15.0. The summed E-state index contributed by atoms with van der Waals surface area (Å²) in [5, 5.41) is 9.56. The zero-order valence-electron chi connectivity index (χ0n) is 17.8. The molecule has 4 heterocycles. The summed E-state index contributed by atoms with van der Waals surface area (Å²) in [4.78, 5) is 27.6. The predicted octanol–water partition coefficient (Wildman–Crippen LogP) is 3.75. The largest absolute Gasteiger partial charge is 0.335 e. The number of carbonyl (C=O) groups is 1. The Hall–Kier alpha value is -3.10. The van der Waals surface area contributed by atoms with E-state index < -0.39 is 0 Å². The van der Waals surface area contributed by atoms with E-state index in [1.54, 1.807) is 12.4 Å². The molecule has 8 heteroatoms. The van der Waals surface area contributed by atoms with Crippen molar-refractivity contribution in [3.05, 3.63) is 53.5 Å². The van der Waals surface area contributed by atoms with E-state index in [2.05, 4.69) is 53.1 Å². The van der Waals surface area contributed by atoms with E-state index in [-0.39, 0.29) is 5.91 Å². The Balaban J connectivity index is 1.64. The molecule has 0 saturated carbocycles. The molecule has 0 atom stereocenters. The molecular formula is C23H24N6OS. The molecule has 7 nitrogen and oxygen atoms in total. The van der Waals surface area contributed by atoms with Crippen LogP contribution in [0, 0.1) is 13.8 Å². The first-order valence-corrected chi connectivity index (χ1v) is 11.2. The Bertz CT molecular complexity index is 1250. The summed E-state index contributed by atoms with van der Waals surface area (Å²) >= 11 is 1.50. The van der Waals surface area contributed by atoms with Crippen LogP contribution in [0.1, 0.15) is 21.6 Å². The van der Waals surface area contributed by atoms with Crippen LogP contribution in [-0.4, -0.2) is 69.1 Å². The maximum absolute atomic E-state index is 13.5. The summed E-state index contributed by atoms with van der Waals surface area (Å²) in [5.41, 5.74) is 5.46. The highest BCUT2D eigenvalue weighted by Crippen LogP contribution is 2.38. The molecule has 0 unspecified atom stereocenters. The van der Waals surface area contributed by atoms with E-state index in [1.165, 1.54) is 11.3 Å². The molecule has 0 aliphatic carbocycles. The van der Waals surface area contributed by atoms with Gasteiger partial charge in [0.05, 0.1) is 10.4 Å². The third-order valence-corrected chi connectivity index (χ3v) is 7.00. The SMILES string of the molecule is Cc1ccc(C)c2c(-c3nc(C(=O)N4CCN(C)CC4)c(-c4cccnc4)s3)n[nH]c12. The number of aromatic nitrogens is 4. The summed E-state index contributed by atoms with van der Waals surface area (Å²) in [6.07, 6.45) is 3.52. The highest BCUT2D eigenvalue weighted by molar-refractivity contribution is 7.18. The number of aryl methyl sites for hydroxylation is 2. The van der Waals surface area contributed by atoms with Gasteiger partial charge in [0.15, 0.2) is 0 Å². The number of nitrogens with one attached hydrogen (secondary N) is 1. The number of pyridine rings is 1. The second-order valence-electron chi connectivity index (χ2n) is 8.06. The molecule has 1 amide bonds. The highest BCUT2D eigenvalue weighted by atomic mass is 32.1. The zero-order valence-corrected chi connectivity index (χ0v) is 18.7. The number of nitrogens with zero attached hydrogens (tertiary/aromatic N) is 5. The minimum atomic E-state index is -0.0257. The summed E-state index contributed by atoms with van der Waals surface area (Å²) in [6, 6.07) is 8.05. The monoisotopic (exact) mass is 432 g/mol. The van der Waals surface area contributed by atoms with Crippen LogP contribution < -0.4 is 0 Å². The zero-order chi connectivity index (χ0) is 21.5. The molecule has 1 aliphatic heterocycles. The number of fused-ring (bicyclic) bond motifs is 1.